The summed E-state index contributed by atoms with van der Waals surface area (Å²) in [5, 5.41) is 2.63. The van der Waals surface area contributed by atoms with Crippen LogP contribution in [0.2, 0.25) is 0 Å². The van der Waals surface area contributed by atoms with Gasteiger partial charge in [-0.05, 0) is 17.7 Å². The molecule has 0 fully saturated rings. The second-order valence-corrected chi connectivity index (χ2v) is 6.34. The molecular formula is C19H16N4O3S. The minimum absolute atomic E-state index is 0.0770. The van der Waals surface area contributed by atoms with Crippen molar-refractivity contribution >= 4 is 29.2 Å². The summed E-state index contributed by atoms with van der Waals surface area (Å²) in [7, 11) is 0. The molecule has 0 saturated heterocycles. The molecule has 3 rings (SSSR count). The molecule has 0 aliphatic rings. The van der Waals surface area contributed by atoms with E-state index in [4.69, 9.17) is 0 Å². The predicted octanol–water partition coefficient (Wildman–Crippen LogP) is 2.10. The molecule has 3 aromatic rings. The smallest absolute Gasteiger partial charge is 0.274 e. The summed E-state index contributed by atoms with van der Waals surface area (Å²) in [4.78, 5) is 40.8. The van der Waals surface area contributed by atoms with Gasteiger partial charge in [-0.15, -0.1) is 0 Å². The monoisotopic (exact) mass is 380 g/mol. The van der Waals surface area contributed by atoms with Crippen molar-refractivity contribution in [1.29, 1.82) is 0 Å². The maximum absolute atomic E-state index is 12.7. The van der Waals surface area contributed by atoms with Crippen molar-refractivity contribution in [3.05, 3.63) is 66.0 Å². The van der Waals surface area contributed by atoms with Gasteiger partial charge in [0.15, 0.2) is 11.5 Å². The molecule has 136 valence electrons. The van der Waals surface area contributed by atoms with E-state index in [1.54, 1.807) is 24.4 Å². The molecule has 1 amide bonds. The number of Topliss-reactive ketones (excluding diaryl/α,β-unsaturated/α-hetero) is 2. The number of rotatable bonds is 7. The highest BCUT2D eigenvalue weighted by Crippen LogP contribution is 2.19. The van der Waals surface area contributed by atoms with Gasteiger partial charge in [-0.3, -0.25) is 19.4 Å². The molecule has 0 aliphatic carbocycles. The van der Waals surface area contributed by atoms with Crippen LogP contribution in [-0.2, 0) is 16.0 Å². The average molecular weight is 380 g/mol. The van der Waals surface area contributed by atoms with E-state index < -0.39 is 23.5 Å². The topological polar surface area (TPSA) is 102 Å². The SMILES string of the molecule is CC(=O)C(=O)C(Cc1ccccc1)NC(=O)c1nsnc1-c1ccccn1. The van der Waals surface area contributed by atoms with Crippen LogP contribution in [0.4, 0.5) is 0 Å². The second kappa shape index (κ2) is 8.41. The quantitative estimate of drug-likeness (QED) is 0.630. The van der Waals surface area contributed by atoms with Gasteiger partial charge < -0.3 is 5.32 Å². The number of benzene rings is 1. The largest absolute Gasteiger partial charge is 0.340 e. The normalized spacial score (nSPS) is 11.6. The Morgan fingerprint density at radius 1 is 1.04 bits per heavy atom. The van der Waals surface area contributed by atoms with Crippen LogP contribution >= 0.6 is 11.7 Å². The zero-order valence-corrected chi connectivity index (χ0v) is 15.3. The highest BCUT2D eigenvalue weighted by atomic mass is 32.1. The second-order valence-electron chi connectivity index (χ2n) is 5.81. The molecule has 1 aromatic carbocycles. The van der Waals surface area contributed by atoms with Crippen LogP contribution in [0.5, 0.6) is 0 Å². The van der Waals surface area contributed by atoms with Gasteiger partial charge in [0.1, 0.15) is 5.69 Å². The standard InChI is InChI=1S/C19H16N4O3S/c1-12(24)18(25)15(11-13-7-3-2-4-8-13)21-19(26)17-16(22-27-23-17)14-9-5-6-10-20-14/h2-10,15H,11H2,1H3,(H,21,26). The summed E-state index contributed by atoms with van der Waals surface area (Å²) in [6, 6.07) is 13.4. The van der Waals surface area contributed by atoms with E-state index in [0.717, 1.165) is 17.3 Å². The zero-order chi connectivity index (χ0) is 19.2. The summed E-state index contributed by atoms with van der Waals surface area (Å²) >= 11 is 0.882. The van der Waals surface area contributed by atoms with Gasteiger partial charge in [-0.25, -0.2) is 0 Å². The predicted molar refractivity (Wildman–Crippen MR) is 100 cm³/mol. The molecule has 2 heterocycles. The van der Waals surface area contributed by atoms with E-state index in [1.165, 1.54) is 6.92 Å². The molecular weight excluding hydrogens is 364 g/mol. The van der Waals surface area contributed by atoms with Crippen molar-refractivity contribution in [2.24, 2.45) is 0 Å². The first-order chi connectivity index (χ1) is 13.1. The number of hydrogen-bond acceptors (Lipinski definition) is 7. The number of nitrogens with zero attached hydrogens (tertiary/aromatic N) is 3. The van der Waals surface area contributed by atoms with E-state index in [0.29, 0.717) is 11.4 Å². The maximum atomic E-state index is 12.7. The Balaban J connectivity index is 1.84. The lowest BCUT2D eigenvalue weighted by Crippen LogP contribution is -2.45. The molecule has 2 aromatic heterocycles. The molecule has 8 heteroatoms. The Hall–Kier alpha value is -3.26. The van der Waals surface area contributed by atoms with Crippen LogP contribution in [0.15, 0.2) is 54.7 Å². The molecule has 1 N–H and O–H groups in total. The van der Waals surface area contributed by atoms with Gasteiger partial charge in [0.2, 0.25) is 5.78 Å². The molecule has 27 heavy (non-hydrogen) atoms. The van der Waals surface area contributed by atoms with Crippen molar-refractivity contribution in [2.75, 3.05) is 0 Å². The molecule has 1 atom stereocenters. The van der Waals surface area contributed by atoms with Crippen molar-refractivity contribution in [3.63, 3.8) is 0 Å². The van der Waals surface area contributed by atoms with Crippen LogP contribution in [0.1, 0.15) is 23.0 Å². The van der Waals surface area contributed by atoms with E-state index >= 15 is 0 Å². The van der Waals surface area contributed by atoms with E-state index in [2.05, 4.69) is 19.0 Å². The first kappa shape index (κ1) is 18.5. The number of aromatic nitrogens is 3. The molecule has 1 unspecified atom stereocenters. The molecule has 7 nitrogen and oxygen atoms in total. The summed E-state index contributed by atoms with van der Waals surface area (Å²) in [5.74, 6) is -1.84. The first-order valence-corrected chi connectivity index (χ1v) is 8.93. The Labute approximate surface area is 159 Å². The lowest BCUT2D eigenvalue weighted by molar-refractivity contribution is -0.136. The molecule has 0 saturated carbocycles. The number of carbonyl (C=O) groups is 3. The van der Waals surface area contributed by atoms with Crippen LogP contribution < -0.4 is 5.32 Å². The van der Waals surface area contributed by atoms with Crippen LogP contribution in [-0.4, -0.2) is 37.2 Å². The molecule has 0 aliphatic heterocycles. The van der Waals surface area contributed by atoms with Gasteiger partial charge in [0.05, 0.1) is 23.5 Å². The number of pyridine rings is 1. The van der Waals surface area contributed by atoms with Gasteiger partial charge in [-0.2, -0.15) is 8.75 Å². The fourth-order valence-electron chi connectivity index (χ4n) is 2.54. The number of carbonyl (C=O) groups excluding carboxylic acids is 3. The first-order valence-electron chi connectivity index (χ1n) is 8.20. The number of amides is 1. The maximum Gasteiger partial charge on any atom is 0.274 e. The fraction of sp³-hybridized carbons (Fsp3) is 0.158. The summed E-state index contributed by atoms with van der Waals surface area (Å²) < 4.78 is 8.17. The van der Waals surface area contributed by atoms with Crippen molar-refractivity contribution in [3.8, 4) is 11.4 Å². The third-order valence-corrected chi connectivity index (χ3v) is 4.39. The summed E-state index contributed by atoms with van der Waals surface area (Å²) in [6.07, 6.45) is 1.80. The molecule has 0 radical (unpaired) electrons. The van der Waals surface area contributed by atoms with Crippen molar-refractivity contribution in [1.82, 2.24) is 19.0 Å². The molecule has 0 bridgehead atoms. The Bertz CT molecular complexity index is 957. The lowest BCUT2D eigenvalue weighted by atomic mass is 10.00. The minimum Gasteiger partial charge on any atom is -0.340 e. The Morgan fingerprint density at radius 3 is 2.44 bits per heavy atom. The van der Waals surface area contributed by atoms with Crippen molar-refractivity contribution in [2.45, 2.75) is 19.4 Å². The average Bonchev–Trinajstić information content (AvgIpc) is 3.18. The highest BCUT2D eigenvalue weighted by molar-refractivity contribution is 6.99. The van der Waals surface area contributed by atoms with Crippen LogP contribution in [0, 0.1) is 0 Å². The van der Waals surface area contributed by atoms with E-state index in [9.17, 15) is 14.4 Å². The third-order valence-electron chi connectivity index (χ3n) is 3.86. The number of nitrogens with one attached hydrogen (secondary N) is 1. The van der Waals surface area contributed by atoms with E-state index in [1.807, 2.05) is 30.3 Å². The summed E-state index contributed by atoms with van der Waals surface area (Å²) in [6.45, 7) is 1.19. The zero-order valence-electron chi connectivity index (χ0n) is 14.5. The van der Waals surface area contributed by atoms with Crippen molar-refractivity contribution < 1.29 is 14.4 Å². The van der Waals surface area contributed by atoms with Gasteiger partial charge in [0, 0.05) is 19.5 Å². The highest BCUT2D eigenvalue weighted by Gasteiger charge is 2.27. The van der Waals surface area contributed by atoms with Gasteiger partial charge in [-0.1, -0.05) is 36.4 Å². The van der Waals surface area contributed by atoms with Gasteiger partial charge in [0.25, 0.3) is 5.91 Å². The number of hydrogen-bond donors (Lipinski definition) is 1. The molecule has 0 spiro atoms. The van der Waals surface area contributed by atoms with Gasteiger partial charge >= 0.3 is 0 Å². The number of ketones is 2. The summed E-state index contributed by atoms with van der Waals surface area (Å²) in [5.41, 5.74) is 1.76. The Morgan fingerprint density at radius 2 is 1.78 bits per heavy atom. The van der Waals surface area contributed by atoms with Crippen LogP contribution in [0.25, 0.3) is 11.4 Å². The van der Waals surface area contributed by atoms with E-state index in [-0.39, 0.29) is 12.1 Å². The third kappa shape index (κ3) is 4.48. The minimum atomic E-state index is -0.976. The van der Waals surface area contributed by atoms with Crippen LogP contribution in [0.3, 0.4) is 0 Å². The Kier molecular flexibility index (Phi) is 5.77. The lowest BCUT2D eigenvalue weighted by Gasteiger charge is -2.16. The fourth-order valence-corrected chi connectivity index (χ4v) is 3.09.